The van der Waals surface area contributed by atoms with Crippen molar-refractivity contribution in [1.29, 1.82) is 0 Å². The molecule has 3 amide bonds. The molecule has 4 N–H and O–H groups in total. The molecular formula is C38H51N3O7. The summed E-state index contributed by atoms with van der Waals surface area (Å²) < 4.78 is 11.1. The number of carbonyl (C=O) groups excluding carboxylic acids is 4. The van der Waals surface area contributed by atoms with Gasteiger partial charge in [0.1, 0.15) is 13.2 Å². The summed E-state index contributed by atoms with van der Waals surface area (Å²) in [6.07, 6.45) is 10.7. The Hall–Kier alpha value is -4.18. The van der Waals surface area contributed by atoms with Crippen molar-refractivity contribution >= 4 is 23.9 Å². The Morgan fingerprint density at radius 3 is 2.35 bits per heavy atom. The first-order chi connectivity index (χ1) is 23.4. The van der Waals surface area contributed by atoms with Crippen LogP contribution in [0.25, 0.3) is 0 Å². The lowest BCUT2D eigenvalue weighted by Gasteiger charge is -2.29. The van der Waals surface area contributed by atoms with Gasteiger partial charge in [0, 0.05) is 13.0 Å². The third-order valence-corrected chi connectivity index (χ3v) is 9.23. The van der Waals surface area contributed by atoms with Gasteiger partial charge >= 0.3 is 12.1 Å². The van der Waals surface area contributed by atoms with E-state index >= 15 is 0 Å². The molecule has 0 bridgehead atoms. The van der Waals surface area contributed by atoms with Gasteiger partial charge in [0.15, 0.2) is 0 Å². The number of rotatable bonds is 13. The summed E-state index contributed by atoms with van der Waals surface area (Å²) in [6, 6.07) is 18.8. The number of allylic oxidation sites excluding steroid dienone is 2. The van der Waals surface area contributed by atoms with Crippen LogP contribution in [-0.4, -0.2) is 60.3 Å². The molecular weight excluding hydrogens is 610 g/mol. The van der Waals surface area contributed by atoms with Gasteiger partial charge in [-0.15, -0.1) is 0 Å². The smallest absolute Gasteiger partial charge is 0.407 e. The number of esters is 1. The number of benzene rings is 2. The molecule has 0 aromatic heterocycles. The second kappa shape index (κ2) is 19.6. The van der Waals surface area contributed by atoms with Crippen molar-refractivity contribution < 1.29 is 33.8 Å². The topological polar surface area (TPSA) is 143 Å². The summed E-state index contributed by atoms with van der Waals surface area (Å²) in [5.41, 5.74) is 1.35. The second-order valence-corrected chi connectivity index (χ2v) is 13.1. The third kappa shape index (κ3) is 12.4. The average molecular weight is 662 g/mol. The Morgan fingerprint density at radius 1 is 0.938 bits per heavy atom. The fourth-order valence-electron chi connectivity index (χ4n) is 6.40. The molecule has 260 valence electrons. The molecule has 2 aliphatic rings. The van der Waals surface area contributed by atoms with E-state index in [1.54, 1.807) is 0 Å². The van der Waals surface area contributed by atoms with Gasteiger partial charge in [0.25, 0.3) is 0 Å². The molecule has 1 saturated carbocycles. The maximum Gasteiger partial charge on any atom is 0.407 e. The Labute approximate surface area is 284 Å². The van der Waals surface area contributed by atoms with E-state index in [0.717, 1.165) is 36.8 Å². The van der Waals surface area contributed by atoms with E-state index in [1.165, 1.54) is 0 Å². The van der Waals surface area contributed by atoms with Crippen LogP contribution < -0.4 is 16.0 Å². The standard InChI is InChI=1S/C38H51N3O7/c42-28-38(21-11-12-22-38)41-34(43)25-31-18-8-3-9-19-32(24-29-14-4-1-5-15-29)36(45)47-27-33(40-35(31)44)20-10-13-23-39-37(46)48-26-30-16-6-2-7-17-30/h1-8,14-17,31-33,42H,9-13,18-28H2,(H,39,46)(H,40,44)(H,41,43). The van der Waals surface area contributed by atoms with Crippen LogP contribution in [-0.2, 0) is 36.9 Å². The molecule has 1 aliphatic carbocycles. The second-order valence-electron chi connectivity index (χ2n) is 13.1. The number of cyclic esters (lactones) is 1. The van der Waals surface area contributed by atoms with E-state index in [0.29, 0.717) is 51.5 Å². The van der Waals surface area contributed by atoms with E-state index < -0.39 is 23.6 Å². The summed E-state index contributed by atoms with van der Waals surface area (Å²) in [5.74, 6) is -1.76. The molecule has 2 aromatic rings. The number of alkyl carbamates (subject to hydrolysis) is 1. The highest BCUT2D eigenvalue weighted by Crippen LogP contribution is 2.29. The molecule has 2 aromatic carbocycles. The molecule has 10 heteroatoms. The highest BCUT2D eigenvalue weighted by atomic mass is 16.5. The summed E-state index contributed by atoms with van der Waals surface area (Å²) in [6.45, 7) is 0.481. The Kier molecular flexibility index (Phi) is 15.0. The lowest BCUT2D eigenvalue weighted by molar-refractivity contribution is -0.150. The predicted octanol–water partition coefficient (Wildman–Crippen LogP) is 5.14. The van der Waals surface area contributed by atoms with Crippen LogP contribution in [0.15, 0.2) is 72.8 Å². The summed E-state index contributed by atoms with van der Waals surface area (Å²) >= 11 is 0. The molecule has 48 heavy (non-hydrogen) atoms. The highest BCUT2D eigenvalue weighted by Gasteiger charge is 2.35. The van der Waals surface area contributed by atoms with Crippen molar-refractivity contribution in [1.82, 2.24) is 16.0 Å². The summed E-state index contributed by atoms with van der Waals surface area (Å²) in [5, 5.41) is 18.8. The SMILES string of the molecule is O=C(CC1CC=CCCC(Cc2ccccc2)C(=O)OCC(CCCCNC(=O)OCc2ccccc2)NC1=O)NC1(CO)CCCC1. The number of nitrogens with one attached hydrogen (secondary N) is 3. The van der Waals surface area contributed by atoms with Gasteiger partial charge < -0.3 is 30.5 Å². The molecule has 1 aliphatic heterocycles. The summed E-state index contributed by atoms with van der Waals surface area (Å²) in [4.78, 5) is 52.2. The van der Waals surface area contributed by atoms with Crippen LogP contribution in [0.4, 0.5) is 4.79 Å². The largest absolute Gasteiger partial charge is 0.463 e. The summed E-state index contributed by atoms with van der Waals surface area (Å²) in [7, 11) is 0. The number of aliphatic hydroxyl groups is 1. The van der Waals surface area contributed by atoms with Crippen LogP contribution in [0.5, 0.6) is 0 Å². The molecule has 0 saturated heterocycles. The van der Waals surface area contributed by atoms with Crippen molar-refractivity contribution in [3.63, 3.8) is 0 Å². The maximum atomic E-state index is 13.6. The maximum absolute atomic E-state index is 13.6. The molecule has 10 nitrogen and oxygen atoms in total. The van der Waals surface area contributed by atoms with Gasteiger partial charge in [-0.2, -0.15) is 0 Å². The van der Waals surface area contributed by atoms with E-state index in [2.05, 4.69) is 16.0 Å². The monoisotopic (exact) mass is 661 g/mol. The Bertz CT molecular complexity index is 1330. The highest BCUT2D eigenvalue weighted by molar-refractivity contribution is 5.86. The molecule has 0 spiro atoms. The first-order valence-corrected chi connectivity index (χ1v) is 17.4. The van der Waals surface area contributed by atoms with Gasteiger partial charge in [0.05, 0.1) is 30.0 Å². The molecule has 1 heterocycles. The van der Waals surface area contributed by atoms with Crippen LogP contribution in [0, 0.1) is 11.8 Å². The molecule has 0 radical (unpaired) electrons. The third-order valence-electron chi connectivity index (χ3n) is 9.23. The number of unbranched alkanes of at least 4 members (excludes halogenated alkanes) is 1. The van der Waals surface area contributed by atoms with Gasteiger partial charge in [-0.1, -0.05) is 85.7 Å². The predicted molar refractivity (Wildman–Crippen MR) is 183 cm³/mol. The van der Waals surface area contributed by atoms with Crippen molar-refractivity contribution in [2.45, 2.75) is 95.2 Å². The minimum absolute atomic E-state index is 0.00389. The van der Waals surface area contributed by atoms with E-state index in [4.69, 9.17) is 9.47 Å². The lowest BCUT2D eigenvalue weighted by Crippen LogP contribution is -2.50. The fourth-order valence-corrected chi connectivity index (χ4v) is 6.40. The van der Waals surface area contributed by atoms with E-state index in [1.807, 2.05) is 72.8 Å². The number of hydrogen-bond acceptors (Lipinski definition) is 7. The van der Waals surface area contributed by atoms with Crippen LogP contribution >= 0.6 is 0 Å². The number of hydrogen-bond donors (Lipinski definition) is 4. The number of amides is 3. The minimum Gasteiger partial charge on any atom is -0.463 e. The molecule has 3 atom stereocenters. The van der Waals surface area contributed by atoms with Crippen molar-refractivity contribution in [3.8, 4) is 0 Å². The van der Waals surface area contributed by atoms with Crippen LogP contribution in [0.2, 0.25) is 0 Å². The van der Waals surface area contributed by atoms with Gasteiger partial charge in [-0.25, -0.2) is 4.79 Å². The zero-order valence-electron chi connectivity index (χ0n) is 27.9. The number of ether oxygens (including phenoxy) is 2. The zero-order chi connectivity index (χ0) is 34.0. The first kappa shape index (κ1) is 36.7. The Morgan fingerprint density at radius 2 is 1.65 bits per heavy atom. The fraction of sp³-hybridized carbons (Fsp3) is 0.526. The van der Waals surface area contributed by atoms with Crippen molar-refractivity contribution in [2.75, 3.05) is 19.8 Å². The molecule has 4 rings (SSSR count). The van der Waals surface area contributed by atoms with Crippen molar-refractivity contribution in [3.05, 3.63) is 83.9 Å². The molecule has 3 unspecified atom stereocenters. The molecule has 1 fully saturated rings. The normalized spacial score (nSPS) is 21.5. The van der Waals surface area contributed by atoms with E-state index in [-0.39, 0.29) is 49.9 Å². The van der Waals surface area contributed by atoms with Crippen LogP contribution in [0.1, 0.15) is 81.8 Å². The van der Waals surface area contributed by atoms with Gasteiger partial charge in [-0.3, -0.25) is 14.4 Å². The zero-order valence-corrected chi connectivity index (χ0v) is 27.9. The van der Waals surface area contributed by atoms with Gasteiger partial charge in [-0.05, 0) is 68.9 Å². The van der Waals surface area contributed by atoms with Crippen molar-refractivity contribution in [2.24, 2.45) is 11.8 Å². The Balaban J connectivity index is 1.36. The lowest BCUT2D eigenvalue weighted by atomic mass is 9.94. The average Bonchev–Trinajstić information content (AvgIpc) is 3.57. The first-order valence-electron chi connectivity index (χ1n) is 17.4. The number of carbonyl (C=O) groups is 4. The van der Waals surface area contributed by atoms with Gasteiger partial charge in [0.2, 0.25) is 11.8 Å². The minimum atomic E-state index is -0.612. The van der Waals surface area contributed by atoms with E-state index in [9.17, 15) is 24.3 Å². The number of aliphatic hydroxyl groups excluding tert-OH is 1. The van der Waals surface area contributed by atoms with Crippen LogP contribution in [0.3, 0.4) is 0 Å². The quantitative estimate of drug-likeness (QED) is 0.132.